The minimum Gasteiger partial charge on any atom is -0.497 e. The second kappa shape index (κ2) is 9.67. The summed E-state index contributed by atoms with van der Waals surface area (Å²) in [6.45, 7) is 1.36. The molecule has 0 aliphatic carbocycles. The number of rotatable bonds is 9. The third-order valence-electron chi connectivity index (χ3n) is 3.68. The van der Waals surface area contributed by atoms with Gasteiger partial charge >= 0.3 is 0 Å². The predicted molar refractivity (Wildman–Crippen MR) is 92.7 cm³/mol. The van der Waals surface area contributed by atoms with Gasteiger partial charge in [-0.25, -0.2) is 4.39 Å². The number of benzene rings is 2. The van der Waals surface area contributed by atoms with E-state index in [0.29, 0.717) is 25.1 Å². The standard InChI is InChI=1S/C19H23FN2O2/c1-24-17-7-4-5-15(13-17)9-12-22-19(23)14-21-11-10-16-6-2-3-8-18(16)20/h2-8,13,21H,9-12,14H2,1H3,(H,22,23). The van der Waals surface area contributed by atoms with E-state index < -0.39 is 0 Å². The van der Waals surface area contributed by atoms with E-state index in [9.17, 15) is 9.18 Å². The van der Waals surface area contributed by atoms with Crippen LogP contribution in [0.15, 0.2) is 48.5 Å². The quantitative estimate of drug-likeness (QED) is 0.694. The van der Waals surface area contributed by atoms with Gasteiger partial charge in [0.25, 0.3) is 0 Å². The summed E-state index contributed by atoms with van der Waals surface area (Å²) in [5, 5.41) is 5.89. The van der Waals surface area contributed by atoms with Crippen LogP contribution in [0.25, 0.3) is 0 Å². The van der Waals surface area contributed by atoms with E-state index >= 15 is 0 Å². The molecule has 4 nitrogen and oxygen atoms in total. The molecule has 0 saturated carbocycles. The summed E-state index contributed by atoms with van der Waals surface area (Å²) in [7, 11) is 1.63. The van der Waals surface area contributed by atoms with Gasteiger partial charge in [0.1, 0.15) is 11.6 Å². The molecule has 2 rings (SSSR count). The Morgan fingerprint density at radius 3 is 2.71 bits per heavy atom. The molecule has 0 atom stereocenters. The van der Waals surface area contributed by atoms with Crippen molar-refractivity contribution in [3.05, 3.63) is 65.5 Å². The zero-order chi connectivity index (χ0) is 17.2. The molecule has 5 heteroatoms. The molecule has 0 radical (unpaired) electrons. The molecule has 128 valence electrons. The summed E-state index contributed by atoms with van der Waals surface area (Å²) in [6.07, 6.45) is 1.31. The lowest BCUT2D eigenvalue weighted by Crippen LogP contribution is -2.35. The van der Waals surface area contributed by atoms with Crippen molar-refractivity contribution in [1.29, 1.82) is 0 Å². The third kappa shape index (κ3) is 6.01. The fourth-order valence-corrected chi connectivity index (χ4v) is 2.36. The van der Waals surface area contributed by atoms with Gasteiger partial charge in [0.15, 0.2) is 0 Å². The van der Waals surface area contributed by atoms with E-state index in [1.165, 1.54) is 6.07 Å². The van der Waals surface area contributed by atoms with Crippen LogP contribution in [0.4, 0.5) is 4.39 Å². The Hall–Kier alpha value is -2.40. The maximum Gasteiger partial charge on any atom is 0.233 e. The van der Waals surface area contributed by atoms with Crippen LogP contribution >= 0.6 is 0 Å². The lowest BCUT2D eigenvalue weighted by atomic mass is 10.1. The Kier molecular flexibility index (Phi) is 7.23. The van der Waals surface area contributed by atoms with E-state index in [-0.39, 0.29) is 18.3 Å². The van der Waals surface area contributed by atoms with Crippen LogP contribution < -0.4 is 15.4 Å². The molecule has 0 saturated heterocycles. The number of methoxy groups -OCH3 is 1. The highest BCUT2D eigenvalue weighted by atomic mass is 19.1. The molecule has 2 aromatic rings. The van der Waals surface area contributed by atoms with Crippen LogP contribution in [0.3, 0.4) is 0 Å². The van der Waals surface area contributed by atoms with Crippen molar-refractivity contribution >= 4 is 5.91 Å². The Bertz CT molecular complexity index is 661. The average Bonchev–Trinajstić information content (AvgIpc) is 2.60. The minimum absolute atomic E-state index is 0.0635. The van der Waals surface area contributed by atoms with Crippen molar-refractivity contribution in [3.63, 3.8) is 0 Å². The van der Waals surface area contributed by atoms with Crippen LogP contribution in [0.2, 0.25) is 0 Å². The van der Waals surface area contributed by atoms with Crippen molar-refractivity contribution < 1.29 is 13.9 Å². The zero-order valence-electron chi connectivity index (χ0n) is 13.8. The van der Waals surface area contributed by atoms with Crippen molar-refractivity contribution in [1.82, 2.24) is 10.6 Å². The first kappa shape index (κ1) is 17.9. The van der Waals surface area contributed by atoms with E-state index in [2.05, 4.69) is 10.6 Å². The van der Waals surface area contributed by atoms with E-state index in [1.54, 1.807) is 19.2 Å². The molecule has 0 heterocycles. The molecule has 0 spiro atoms. The smallest absolute Gasteiger partial charge is 0.233 e. The molecule has 1 amide bonds. The van der Waals surface area contributed by atoms with Gasteiger partial charge in [0.05, 0.1) is 13.7 Å². The Morgan fingerprint density at radius 1 is 1.08 bits per heavy atom. The molecular formula is C19H23FN2O2. The fraction of sp³-hybridized carbons (Fsp3) is 0.316. The lowest BCUT2D eigenvalue weighted by Gasteiger charge is -2.08. The second-order valence-electron chi connectivity index (χ2n) is 5.47. The summed E-state index contributed by atoms with van der Waals surface area (Å²) in [5.74, 6) is 0.544. The van der Waals surface area contributed by atoms with Crippen molar-refractivity contribution in [3.8, 4) is 5.75 Å². The Balaban J connectivity index is 1.60. The van der Waals surface area contributed by atoms with Crippen LogP contribution in [0.5, 0.6) is 5.75 Å². The molecule has 2 aromatic carbocycles. The van der Waals surface area contributed by atoms with Gasteiger partial charge in [0, 0.05) is 6.54 Å². The second-order valence-corrected chi connectivity index (χ2v) is 5.47. The first-order chi connectivity index (χ1) is 11.7. The molecule has 0 aromatic heterocycles. The summed E-state index contributed by atoms with van der Waals surface area (Å²) in [4.78, 5) is 11.8. The third-order valence-corrected chi connectivity index (χ3v) is 3.68. The SMILES string of the molecule is COc1cccc(CCNC(=O)CNCCc2ccccc2F)c1. The molecule has 0 unspecified atom stereocenters. The number of hydrogen-bond donors (Lipinski definition) is 2. The van der Waals surface area contributed by atoms with Crippen LogP contribution in [-0.4, -0.2) is 32.7 Å². The van der Waals surface area contributed by atoms with Gasteiger partial charge in [-0.1, -0.05) is 30.3 Å². The zero-order valence-corrected chi connectivity index (χ0v) is 13.8. The number of carbonyl (C=O) groups excluding carboxylic acids is 1. The maximum absolute atomic E-state index is 13.4. The van der Waals surface area contributed by atoms with Crippen molar-refractivity contribution in [2.45, 2.75) is 12.8 Å². The highest BCUT2D eigenvalue weighted by Gasteiger charge is 2.03. The minimum atomic E-state index is -0.206. The first-order valence-corrected chi connectivity index (χ1v) is 8.03. The summed E-state index contributed by atoms with van der Waals surface area (Å²) < 4.78 is 18.6. The summed E-state index contributed by atoms with van der Waals surface area (Å²) in [5.41, 5.74) is 1.77. The number of halogens is 1. The monoisotopic (exact) mass is 330 g/mol. The van der Waals surface area contributed by atoms with Gasteiger partial charge in [0.2, 0.25) is 5.91 Å². The molecule has 0 fully saturated rings. The van der Waals surface area contributed by atoms with Gasteiger partial charge in [-0.3, -0.25) is 4.79 Å². The first-order valence-electron chi connectivity index (χ1n) is 8.03. The number of ether oxygens (including phenoxy) is 1. The van der Waals surface area contributed by atoms with Crippen molar-refractivity contribution in [2.75, 3.05) is 26.7 Å². The van der Waals surface area contributed by atoms with Gasteiger partial charge in [-0.2, -0.15) is 0 Å². The van der Waals surface area contributed by atoms with Crippen LogP contribution in [-0.2, 0) is 17.6 Å². The highest BCUT2D eigenvalue weighted by Crippen LogP contribution is 2.12. The molecule has 24 heavy (non-hydrogen) atoms. The number of nitrogens with one attached hydrogen (secondary N) is 2. The Labute approximate surface area is 142 Å². The number of hydrogen-bond acceptors (Lipinski definition) is 3. The van der Waals surface area contributed by atoms with Crippen LogP contribution in [0, 0.1) is 5.82 Å². The predicted octanol–water partition coefficient (Wildman–Crippen LogP) is 2.33. The highest BCUT2D eigenvalue weighted by molar-refractivity contribution is 5.77. The number of amides is 1. The Morgan fingerprint density at radius 2 is 1.92 bits per heavy atom. The van der Waals surface area contributed by atoms with Gasteiger partial charge in [-0.05, 0) is 48.7 Å². The summed E-state index contributed by atoms with van der Waals surface area (Å²) in [6, 6.07) is 14.5. The normalized spacial score (nSPS) is 10.4. The topological polar surface area (TPSA) is 50.4 Å². The summed E-state index contributed by atoms with van der Waals surface area (Å²) >= 11 is 0. The fourth-order valence-electron chi connectivity index (χ4n) is 2.36. The van der Waals surface area contributed by atoms with E-state index in [0.717, 1.165) is 17.7 Å². The average molecular weight is 330 g/mol. The van der Waals surface area contributed by atoms with Gasteiger partial charge in [-0.15, -0.1) is 0 Å². The maximum atomic E-state index is 13.4. The lowest BCUT2D eigenvalue weighted by molar-refractivity contribution is -0.120. The number of carbonyl (C=O) groups is 1. The molecular weight excluding hydrogens is 307 g/mol. The molecule has 0 aliphatic rings. The largest absolute Gasteiger partial charge is 0.497 e. The van der Waals surface area contributed by atoms with Crippen LogP contribution in [0.1, 0.15) is 11.1 Å². The van der Waals surface area contributed by atoms with E-state index in [1.807, 2.05) is 30.3 Å². The van der Waals surface area contributed by atoms with E-state index in [4.69, 9.17) is 4.74 Å². The molecule has 0 aliphatic heterocycles. The van der Waals surface area contributed by atoms with Crippen molar-refractivity contribution in [2.24, 2.45) is 0 Å². The van der Waals surface area contributed by atoms with Gasteiger partial charge < -0.3 is 15.4 Å². The molecule has 0 bridgehead atoms. The molecule has 2 N–H and O–H groups in total.